The summed E-state index contributed by atoms with van der Waals surface area (Å²) in [5, 5.41) is 9.87. The van der Waals surface area contributed by atoms with Gasteiger partial charge in [0.1, 0.15) is 5.75 Å². The summed E-state index contributed by atoms with van der Waals surface area (Å²) in [7, 11) is 0. The molecule has 1 unspecified atom stereocenters. The molecule has 0 radical (unpaired) electrons. The van der Waals surface area contributed by atoms with Crippen LogP contribution < -0.4 is 10.5 Å². The highest BCUT2D eigenvalue weighted by Crippen LogP contribution is 2.20. The SMILES string of the molecule is CC1(O)CCN(CCCOc2ccc(CN)cc2)C1. The Morgan fingerprint density at radius 1 is 1.37 bits per heavy atom. The summed E-state index contributed by atoms with van der Waals surface area (Å²) in [4.78, 5) is 2.29. The molecule has 1 heterocycles. The van der Waals surface area contributed by atoms with E-state index in [2.05, 4.69) is 4.90 Å². The number of likely N-dealkylation sites (tertiary alicyclic amines) is 1. The summed E-state index contributed by atoms with van der Waals surface area (Å²) >= 11 is 0. The summed E-state index contributed by atoms with van der Waals surface area (Å²) in [6.07, 6.45) is 1.85. The Kier molecular flexibility index (Phi) is 4.80. The Labute approximate surface area is 115 Å². The largest absolute Gasteiger partial charge is 0.494 e. The first-order valence-corrected chi connectivity index (χ1v) is 6.96. The van der Waals surface area contributed by atoms with E-state index in [9.17, 15) is 5.11 Å². The highest BCUT2D eigenvalue weighted by Gasteiger charge is 2.30. The van der Waals surface area contributed by atoms with Gasteiger partial charge in [0.05, 0.1) is 12.2 Å². The monoisotopic (exact) mass is 264 g/mol. The minimum Gasteiger partial charge on any atom is -0.494 e. The van der Waals surface area contributed by atoms with Crippen LogP contribution in [0.4, 0.5) is 0 Å². The van der Waals surface area contributed by atoms with Gasteiger partial charge in [-0.2, -0.15) is 0 Å². The van der Waals surface area contributed by atoms with Gasteiger partial charge in [-0.05, 0) is 37.5 Å². The van der Waals surface area contributed by atoms with Gasteiger partial charge in [-0.3, -0.25) is 0 Å². The molecule has 1 aliphatic rings. The van der Waals surface area contributed by atoms with E-state index in [1.807, 2.05) is 31.2 Å². The smallest absolute Gasteiger partial charge is 0.119 e. The van der Waals surface area contributed by atoms with Gasteiger partial charge >= 0.3 is 0 Å². The van der Waals surface area contributed by atoms with Gasteiger partial charge in [-0.15, -0.1) is 0 Å². The van der Waals surface area contributed by atoms with Crippen LogP contribution in [0.2, 0.25) is 0 Å². The molecule has 106 valence electrons. The van der Waals surface area contributed by atoms with Crippen LogP contribution in [-0.4, -0.2) is 41.8 Å². The molecule has 0 saturated carbocycles. The zero-order valence-electron chi connectivity index (χ0n) is 11.6. The van der Waals surface area contributed by atoms with E-state index < -0.39 is 5.60 Å². The molecule has 1 aliphatic heterocycles. The number of nitrogens with two attached hydrogens (primary N) is 1. The number of rotatable bonds is 6. The Morgan fingerprint density at radius 2 is 2.11 bits per heavy atom. The van der Waals surface area contributed by atoms with Crippen LogP contribution >= 0.6 is 0 Å². The lowest BCUT2D eigenvalue weighted by atomic mass is 10.1. The second kappa shape index (κ2) is 6.37. The first-order valence-electron chi connectivity index (χ1n) is 6.96. The van der Waals surface area contributed by atoms with Crippen molar-refractivity contribution in [1.82, 2.24) is 4.90 Å². The predicted molar refractivity (Wildman–Crippen MR) is 76.1 cm³/mol. The van der Waals surface area contributed by atoms with Crippen LogP contribution in [0.3, 0.4) is 0 Å². The molecule has 1 aromatic rings. The van der Waals surface area contributed by atoms with Gasteiger partial charge in [0.25, 0.3) is 0 Å². The quantitative estimate of drug-likeness (QED) is 0.762. The minimum atomic E-state index is -0.501. The fourth-order valence-electron chi connectivity index (χ4n) is 2.43. The third kappa shape index (κ3) is 4.49. The second-order valence-corrected chi connectivity index (χ2v) is 5.57. The van der Waals surface area contributed by atoms with Crippen molar-refractivity contribution in [1.29, 1.82) is 0 Å². The van der Waals surface area contributed by atoms with Crippen molar-refractivity contribution in [3.63, 3.8) is 0 Å². The second-order valence-electron chi connectivity index (χ2n) is 5.57. The molecular weight excluding hydrogens is 240 g/mol. The molecule has 19 heavy (non-hydrogen) atoms. The molecule has 0 bridgehead atoms. The average Bonchev–Trinajstić information content (AvgIpc) is 2.75. The van der Waals surface area contributed by atoms with Crippen molar-refractivity contribution in [3.8, 4) is 5.75 Å². The normalized spacial score (nSPS) is 23.7. The van der Waals surface area contributed by atoms with E-state index in [0.717, 1.165) is 43.8 Å². The molecule has 1 saturated heterocycles. The van der Waals surface area contributed by atoms with Gasteiger partial charge in [-0.1, -0.05) is 12.1 Å². The number of β-amino-alcohol motifs (C(OH)–C–C–N with tert-alkyl or cyclic N) is 1. The highest BCUT2D eigenvalue weighted by molar-refractivity contribution is 5.26. The molecule has 4 heteroatoms. The average molecular weight is 264 g/mol. The number of aliphatic hydroxyl groups is 1. The molecule has 3 N–H and O–H groups in total. The molecule has 1 aromatic carbocycles. The van der Waals surface area contributed by atoms with E-state index in [1.165, 1.54) is 0 Å². The third-order valence-corrected chi connectivity index (χ3v) is 3.58. The molecule has 0 amide bonds. The maximum Gasteiger partial charge on any atom is 0.119 e. The van der Waals surface area contributed by atoms with Crippen molar-refractivity contribution in [2.24, 2.45) is 5.73 Å². The number of hydrogen-bond acceptors (Lipinski definition) is 4. The Bertz CT molecular complexity index is 390. The van der Waals surface area contributed by atoms with Crippen molar-refractivity contribution >= 4 is 0 Å². The van der Waals surface area contributed by atoms with Crippen LogP contribution in [-0.2, 0) is 6.54 Å². The molecular formula is C15H24N2O2. The van der Waals surface area contributed by atoms with Crippen LogP contribution in [0.5, 0.6) is 5.75 Å². The van der Waals surface area contributed by atoms with Crippen LogP contribution in [0.25, 0.3) is 0 Å². The number of ether oxygens (including phenoxy) is 1. The number of hydrogen-bond donors (Lipinski definition) is 2. The summed E-state index contributed by atoms with van der Waals surface area (Å²) in [5.74, 6) is 0.894. The highest BCUT2D eigenvalue weighted by atomic mass is 16.5. The fraction of sp³-hybridized carbons (Fsp3) is 0.600. The van der Waals surface area contributed by atoms with E-state index in [1.54, 1.807) is 0 Å². The van der Waals surface area contributed by atoms with E-state index in [-0.39, 0.29) is 0 Å². The van der Waals surface area contributed by atoms with Crippen molar-refractivity contribution < 1.29 is 9.84 Å². The number of benzene rings is 1. The number of nitrogens with zero attached hydrogens (tertiary/aromatic N) is 1. The molecule has 2 rings (SSSR count). The van der Waals surface area contributed by atoms with Crippen LogP contribution in [0.15, 0.2) is 24.3 Å². The van der Waals surface area contributed by atoms with Gasteiger partial charge in [0, 0.05) is 26.2 Å². The Balaban J connectivity index is 1.64. The molecule has 1 fully saturated rings. The summed E-state index contributed by atoms with van der Waals surface area (Å²) in [5.41, 5.74) is 6.16. The van der Waals surface area contributed by atoms with Gasteiger partial charge in [-0.25, -0.2) is 0 Å². The lowest BCUT2D eigenvalue weighted by molar-refractivity contribution is 0.0681. The van der Waals surface area contributed by atoms with E-state index >= 15 is 0 Å². The summed E-state index contributed by atoms with van der Waals surface area (Å²) < 4.78 is 5.69. The zero-order chi connectivity index (χ0) is 13.7. The predicted octanol–water partition coefficient (Wildman–Crippen LogP) is 1.37. The molecule has 0 aromatic heterocycles. The molecule has 0 aliphatic carbocycles. The fourth-order valence-corrected chi connectivity index (χ4v) is 2.43. The molecule has 4 nitrogen and oxygen atoms in total. The van der Waals surface area contributed by atoms with Gasteiger partial charge in [0.15, 0.2) is 0 Å². The van der Waals surface area contributed by atoms with Crippen molar-refractivity contribution in [3.05, 3.63) is 29.8 Å². The lowest BCUT2D eigenvalue weighted by Crippen LogP contribution is -2.30. The first kappa shape index (κ1) is 14.3. The van der Waals surface area contributed by atoms with Gasteiger partial charge in [0.2, 0.25) is 0 Å². The van der Waals surface area contributed by atoms with Gasteiger partial charge < -0.3 is 20.5 Å². The van der Waals surface area contributed by atoms with E-state index in [0.29, 0.717) is 13.2 Å². The zero-order valence-corrected chi connectivity index (χ0v) is 11.6. The standard InChI is InChI=1S/C15H24N2O2/c1-15(18)7-9-17(12-15)8-2-10-19-14-5-3-13(11-16)4-6-14/h3-6,18H,2,7-12,16H2,1H3. The third-order valence-electron chi connectivity index (χ3n) is 3.58. The van der Waals surface area contributed by atoms with Crippen molar-refractivity contribution in [2.45, 2.75) is 31.9 Å². The van der Waals surface area contributed by atoms with Crippen molar-refractivity contribution in [2.75, 3.05) is 26.2 Å². The summed E-state index contributed by atoms with van der Waals surface area (Å²) in [6, 6.07) is 7.91. The van der Waals surface area contributed by atoms with Crippen LogP contribution in [0.1, 0.15) is 25.3 Å². The summed E-state index contributed by atoms with van der Waals surface area (Å²) in [6.45, 7) is 5.92. The molecule has 0 spiro atoms. The Morgan fingerprint density at radius 3 is 2.68 bits per heavy atom. The maximum atomic E-state index is 9.87. The van der Waals surface area contributed by atoms with Crippen LogP contribution in [0, 0.1) is 0 Å². The molecule has 1 atom stereocenters. The maximum absolute atomic E-state index is 9.87. The lowest BCUT2D eigenvalue weighted by Gasteiger charge is -2.18. The minimum absolute atomic E-state index is 0.501. The van der Waals surface area contributed by atoms with E-state index in [4.69, 9.17) is 10.5 Å². The first-order chi connectivity index (χ1) is 9.09. The Hall–Kier alpha value is -1.10. The topological polar surface area (TPSA) is 58.7 Å².